The third-order valence-electron chi connectivity index (χ3n) is 7.98. The second-order valence-corrected chi connectivity index (χ2v) is 12.8. The maximum atomic E-state index is 14.3. The standard InChI is InChI=1S/C34H36F6N4O4/c1-21-8-5-6-9-25(21)29-28-26(19-27(41-29)42-11-13-43(14-12-42)31(46)48-32(2,3)4)47-15-7-10-44(30(28)45)20-22-16-23(33(35,36)37)18-24(17-22)34(38,39)40/h5-6,8-9,16-19H,7,10-15,20H2,1-4H3. The maximum absolute atomic E-state index is 14.3. The van der Waals surface area contributed by atoms with Gasteiger partial charge < -0.3 is 24.2 Å². The highest BCUT2D eigenvalue weighted by Crippen LogP contribution is 2.39. The summed E-state index contributed by atoms with van der Waals surface area (Å²) < 4.78 is 93.2. The highest BCUT2D eigenvalue weighted by molar-refractivity contribution is 6.03. The van der Waals surface area contributed by atoms with Crippen LogP contribution < -0.4 is 9.64 Å². The van der Waals surface area contributed by atoms with Crippen molar-refractivity contribution in [2.75, 3.05) is 44.2 Å². The molecule has 2 aromatic carbocycles. The van der Waals surface area contributed by atoms with Gasteiger partial charge in [-0.1, -0.05) is 24.3 Å². The number of alkyl halides is 6. The minimum Gasteiger partial charge on any atom is -0.492 e. The van der Waals surface area contributed by atoms with Crippen LogP contribution in [0.25, 0.3) is 11.3 Å². The van der Waals surface area contributed by atoms with Gasteiger partial charge in [-0.3, -0.25) is 4.79 Å². The largest absolute Gasteiger partial charge is 0.492 e. The number of halogens is 6. The fraction of sp³-hybridized carbons (Fsp3) is 0.441. The molecule has 1 fully saturated rings. The van der Waals surface area contributed by atoms with Gasteiger partial charge >= 0.3 is 18.4 Å². The molecular formula is C34H36F6N4O4. The fourth-order valence-corrected chi connectivity index (χ4v) is 5.65. The van der Waals surface area contributed by atoms with Crippen molar-refractivity contribution in [2.24, 2.45) is 0 Å². The zero-order chi connectivity index (χ0) is 35.0. The molecule has 3 aromatic rings. The summed E-state index contributed by atoms with van der Waals surface area (Å²) in [7, 11) is 0. The molecule has 1 aromatic heterocycles. The Morgan fingerprint density at radius 1 is 0.896 bits per heavy atom. The number of pyridine rings is 1. The Hall–Kier alpha value is -4.49. The zero-order valence-electron chi connectivity index (χ0n) is 27.0. The van der Waals surface area contributed by atoms with Crippen molar-refractivity contribution in [3.8, 4) is 17.0 Å². The lowest BCUT2D eigenvalue weighted by atomic mass is 9.98. The quantitative estimate of drug-likeness (QED) is 0.265. The van der Waals surface area contributed by atoms with Gasteiger partial charge in [0.25, 0.3) is 5.91 Å². The van der Waals surface area contributed by atoms with Crippen LogP contribution in [-0.4, -0.2) is 71.7 Å². The normalized spacial score (nSPS) is 16.2. The van der Waals surface area contributed by atoms with Crippen molar-refractivity contribution >= 4 is 17.8 Å². The predicted molar refractivity (Wildman–Crippen MR) is 166 cm³/mol. The van der Waals surface area contributed by atoms with Crippen molar-refractivity contribution in [3.63, 3.8) is 0 Å². The number of nitrogens with zero attached hydrogens (tertiary/aromatic N) is 4. The Kier molecular flexibility index (Phi) is 9.57. The summed E-state index contributed by atoms with van der Waals surface area (Å²) in [5.74, 6) is 0.0497. The van der Waals surface area contributed by atoms with E-state index in [0.717, 1.165) is 5.56 Å². The number of amides is 2. The Morgan fingerprint density at radius 3 is 2.10 bits per heavy atom. The number of hydrogen-bond donors (Lipinski definition) is 0. The Balaban J connectivity index is 1.52. The number of aryl methyl sites for hydroxylation is 1. The van der Waals surface area contributed by atoms with E-state index in [9.17, 15) is 35.9 Å². The predicted octanol–water partition coefficient (Wildman–Crippen LogP) is 7.58. The third-order valence-corrected chi connectivity index (χ3v) is 7.98. The molecule has 0 spiro atoms. The van der Waals surface area contributed by atoms with Crippen LogP contribution in [0.2, 0.25) is 0 Å². The second-order valence-electron chi connectivity index (χ2n) is 12.8. The molecule has 14 heteroatoms. The lowest BCUT2D eigenvalue weighted by Crippen LogP contribution is -2.50. The molecule has 0 unspecified atom stereocenters. The molecule has 0 N–H and O–H groups in total. The molecule has 1 saturated heterocycles. The second kappa shape index (κ2) is 13.2. The summed E-state index contributed by atoms with van der Waals surface area (Å²) in [6.45, 7) is 8.41. The first-order valence-electron chi connectivity index (χ1n) is 15.4. The summed E-state index contributed by atoms with van der Waals surface area (Å²) in [6.07, 6.45) is -10.2. The average molecular weight is 679 g/mol. The van der Waals surface area contributed by atoms with E-state index in [0.29, 0.717) is 49.7 Å². The van der Waals surface area contributed by atoms with Gasteiger partial charge in [0, 0.05) is 50.9 Å². The van der Waals surface area contributed by atoms with Gasteiger partial charge in [0.2, 0.25) is 0 Å². The van der Waals surface area contributed by atoms with Gasteiger partial charge in [0.15, 0.2) is 0 Å². The number of carbonyl (C=O) groups excluding carboxylic acids is 2. The lowest BCUT2D eigenvalue weighted by Gasteiger charge is -2.36. The van der Waals surface area contributed by atoms with Gasteiger partial charge in [-0.2, -0.15) is 26.3 Å². The van der Waals surface area contributed by atoms with Crippen molar-refractivity contribution in [1.29, 1.82) is 0 Å². The third kappa shape index (κ3) is 7.96. The molecule has 0 aliphatic carbocycles. The van der Waals surface area contributed by atoms with E-state index in [1.807, 2.05) is 24.0 Å². The average Bonchev–Trinajstić information content (AvgIpc) is 2.99. The van der Waals surface area contributed by atoms with Crippen LogP contribution in [0.5, 0.6) is 5.75 Å². The van der Waals surface area contributed by atoms with Gasteiger partial charge in [0.05, 0.1) is 23.4 Å². The van der Waals surface area contributed by atoms with Crippen LogP contribution in [0.3, 0.4) is 0 Å². The summed E-state index contributed by atoms with van der Waals surface area (Å²) in [4.78, 5) is 36.6. The minimum absolute atomic E-state index is 0.0253. The molecule has 5 rings (SSSR count). The lowest BCUT2D eigenvalue weighted by molar-refractivity contribution is -0.143. The molecule has 258 valence electrons. The molecule has 0 atom stereocenters. The summed E-state index contributed by atoms with van der Waals surface area (Å²) in [5, 5.41) is 0. The molecule has 0 radical (unpaired) electrons. The molecule has 0 bridgehead atoms. The number of anilines is 1. The van der Waals surface area contributed by atoms with E-state index in [2.05, 4.69) is 0 Å². The Labute approximate surface area is 274 Å². The summed E-state index contributed by atoms with van der Waals surface area (Å²) >= 11 is 0. The number of carbonyl (C=O) groups is 2. The molecule has 2 aliphatic rings. The van der Waals surface area contributed by atoms with Gasteiger partial charge in [-0.05, 0) is 63.4 Å². The topological polar surface area (TPSA) is 75.2 Å². The van der Waals surface area contributed by atoms with E-state index in [1.54, 1.807) is 43.9 Å². The minimum atomic E-state index is -5.02. The zero-order valence-corrected chi connectivity index (χ0v) is 27.0. The summed E-state index contributed by atoms with van der Waals surface area (Å²) in [5.41, 5.74) is -2.13. The number of piperazine rings is 1. The first-order valence-corrected chi connectivity index (χ1v) is 15.4. The molecule has 2 amide bonds. The number of aromatic nitrogens is 1. The molecule has 2 aliphatic heterocycles. The molecule has 48 heavy (non-hydrogen) atoms. The number of fused-ring (bicyclic) bond motifs is 1. The Bertz CT molecular complexity index is 1650. The van der Waals surface area contributed by atoms with Crippen molar-refractivity contribution in [2.45, 2.75) is 58.6 Å². The van der Waals surface area contributed by atoms with E-state index in [4.69, 9.17) is 14.5 Å². The van der Waals surface area contributed by atoms with E-state index in [1.165, 1.54) is 4.90 Å². The van der Waals surface area contributed by atoms with E-state index < -0.39 is 47.6 Å². The van der Waals surface area contributed by atoms with Crippen molar-refractivity contribution < 1.29 is 45.4 Å². The molecular weight excluding hydrogens is 642 g/mol. The number of rotatable bonds is 4. The number of benzene rings is 2. The maximum Gasteiger partial charge on any atom is 0.416 e. The van der Waals surface area contributed by atoms with Crippen molar-refractivity contribution in [3.05, 3.63) is 76.3 Å². The van der Waals surface area contributed by atoms with E-state index in [-0.39, 0.29) is 48.2 Å². The molecule has 3 heterocycles. The highest BCUT2D eigenvalue weighted by Gasteiger charge is 2.38. The monoisotopic (exact) mass is 678 g/mol. The van der Waals surface area contributed by atoms with E-state index >= 15 is 0 Å². The fourth-order valence-electron chi connectivity index (χ4n) is 5.65. The first-order chi connectivity index (χ1) is 22.4. The van der Waals surface area contributed by atoms with Crippen molar-refractivity contribution in [1.82, 2.24) is 14.8 Å². The molecule has 8 nitrogen and oxygen atoms in total. The van der Waals surface area contributed by atoms with Gasteiger partial charge in [-0.15, -0.1) is 0 Å². The first kappa shape index (κ1) is 34.8. The van der Waals surface area contributed by atoms with Gasteiger partial charge in [0.1, 0.15) is 22.7 Å². The molecule has 0 saturated carbocycles. The highest BCUT2D eigenvalue weighted by atomic mass is 19.4. The SMILES string of the molecule is Cc1ccccc1-c1nc(N2CCN(C(=O)OC(C)(C)C)CC2)cc2c1C(=O)N(Cc1cc(C(F)(F)F)cc(C(F)(F)F)c1)CCCO2. The smallest absolute Gasteiger partial charge is 0.416 e. The van der Waals surface area contributed by atoms with Crippen LogP contribution >= 0.6 is 0 Å². The van der Waals surface area contributed by atoms with Crippen LogP contribution in [0, 0.1) is 6.92 Å². The van der Waals surface area contributed by atoms with Crippen LogP contribution in [0.1, 0.15) is 59.8 Å². The van der Waals surface area contributed by atoms with Crippen LogP contribution in [-0.2, 0) is 23.6 Å². The number of hydrogen-bond acceptors (Lipinski definition) is 6. The van der Waals surface area contributed by atoms with Crippen LogP contribution in [0.15, 0.2) is 48.5 Å². The van der Waals surface area contributed by atoms with Crippen LogP contribution in [0.4, 0.5) is 37.0 Å². The summed E-state index contributed by atoms with van der Waals surface area (Å²) in [6, 6.07) is 10.2. The number of ether oxygens (including phenoxy) is 2. The van der Waals surface area contributed by atoms with Gasteiger partial charge in [-0.25, -0.2) is 9.78 Å². The Morgan fingerprint density at radius 2 is 1.52 bits per heavy atom.